The molecule has 9 heteroatoms. The number of imide groups is 1. The van der Waals surface area contributed by atoms with Crippen LogP contribution in [0.5, 0.6) is 0 Å². The first kappa shape index (κ1) is 20.4. The van der Waals surface area contributed by atoms with Crippen molar-refractivity contribution in [3.63, 3.8) is 0 Å². The van der Waals surface area contributed by atoms with E-state index in [2.05, 4.69) is 0 Å². The highest BCUT2D eigenvalue weighted by Gasteiger charge is 2.59. The number of piperazine rings is 1. The number of allylic oxidation sites excluding steroid dienone is 2. The van der Waals surface area contributed by atoms with Gasteiger partial charge >= 0.3 is 0 Å². The summed E-state index contributed by atoms with van der Waals surface area (Å²) in [7, 11) is -3.61. The molecule has 4 aliphatic rings. The van der Waals surface area contributed by atoms with Crippen molar-refractivity contribution in [1.29, 1.82) is 0 Å². The Morgan fingerprint density at radius 1 is 0.935 bits per heavy atom. The third-order valence-corrected chi connectivity index (χ3v) is 9.02. The van der Waals surface area contributed by atoms with Gasteiger partial charge in [-0.1, -0.05) is 29.8 Å². The van der Waals surface area contributed by atoms with Crippen LogP contribution in [0, 0.1) is 30.6 Å². The van der Waals surface area contributed by atoms with E-state index in [1.807, 2.05) is 19.1 Å². The van der Waals surface area contributed by atoms with E-state index >= 15 is 0 Å². The van der Waals surface area contributed by atoms with Gasteiger partial charge in [0.05, 0.1) is 16.7 Å². The van der Waals surface area contributed by atoms with E-state index in [1.54, 1.807) is 29.2 Å². The maximum Gasteiger partial charge on any atom is 0.243 e. The van der Waals surface area contributed by atoms with E-state index in [9.17, 15) is 22.8 Å². The molecule has 4 unspecified atom stereocenters. The van der Waals surface area contributed by atoms with Gasteiger partial charge in [-0.3, -0.25) is 19.3 Å². The van der Waals surface area contributed by atoms with Gasteiger partial charge in [0.1, 0.15) is 6.54 Å². The molecule has 3 fully saturated rings. The molecule has 1 aromatic rings. The lowest BCUT2D eigenvalue weighted by atomic mass is 9.85. The van der Waals surface area contributed by atoms with E-state index in [0.717, 1.165) is 16.9 Å². The summed E-state index contributed by atoms with van der Waals surface area (Å²) in [5.41, 5.74) is 0.980. The number of nitrogens with zero attached hydrogens (tertiary/aromatic N) is 3. The predicted octanol–water partition coefficient (Wildman–Crippen LogP) is 0.635. The van der Waals surface area contributed by atoms with Crippen LogP contribution >= 0.6 is 0 Å². The minimum absolute atomic E-state index is 0.113. The van der Waals surface area contributed by atoms with Crippen LogP contribution in [-0.4, -0.2) is 73.0 Å². The molecule has 31 heavy (non-hydrogen) atoms. The molecule has 0 radical (unpaired) electrons. The normalized spacial score (nSPS) is 30.4. The summed E-state index contributed by atoms with van der Waals surface area (Å²) in [6.07, 6.45) is 4.90. The second-order valence-electron chi connectivity index (χ2n) is 8.86. The lowest BCUT2D eigenvalue weighted by Crippen LogP contribution is -2.53. The first-order chi connectivity index (χ1) is 14.8. The molecule has 2 bridgehead atoms. The average molecular weight is 444 g/mol. The molecule has 2 aliphatic heterocycles. The minimum atomic E-state index is -3.61. The van der Waals surface area contributed by atoms with Crippen LogP contribution < -0.4 is 0 Å². The van der Waals surface area contributed by atoms with Crippen LogP contribution in [0.3, 0.4) is 0 Å². The van der Waals surface area contributed by atoms with E-state index < -0.39 is 10.0 Å². The van der Waals surface area contributed by atoms with Crippen molar-refractivity contribution in [2.24, 2.45) is 23.7 Å². The molecule has 0 N–H and O–H groups in total. The van der Waals surface area contributed by atoms with Crippen molar-refractivity contribution < 1.29 is 22.8 Å². The third kappa shape index (κ3) is 3.22. The Morgan fingerprint density at radius 3 is 2.03 bits per heavy atom. The molecule has 5 rings (SSSR count). The fourth-order valence-electron chi connectivity index (χ4n) is 5.39. The van der Waals surface area contributed by atoms with E-state index in [-0.39, 0.29) is 79.0 Å². The fourth-order valence-corrected chi connectivity index (χ4v) is 6.81. The maximum absolute atomic E-state index is 12.8. The van der Waals surface area contributed by atoms with E-state index in [0.29, 0.717) is 0 Å². The summed E-state index contributed by atoms with van der Waals surface area (Å²) in [4.78, 5) is 41.3. The average Bonchev–Trinajstić information content (AvgIpc) is 3.44. The number of aryl methyl sites for hydroxylation is 1. The Morgan fingerprint density at radius 2 is 1.48 bits per heavy atom. The third-order valence-electron chi connectivity index (χ3n) is 7.11. The van der Waals surface area contributed by atoms with Crippen molar-refractivity contribution in [3.05, 3.63) is 42.0 Å². The molecule has 3 amide bonds. The second-order valence-corrected chi connectivity index (χ2v) is 10.8. The summed E-state index contributed by atoms with van der Waals surface area (Å²) < 4.78 is 27.1. The van der Waals surface area contributed by atoms with Gasteiger partial charge in [-0.25, -0.2) is 8.42 Å². The number of fused-ring (bicyclic) bond motifs is 5. The molecule has 2 heterocycles. The van der Waals surface area contributed by atoms with Crippen LogP contribution in [-0.2, 0) is 24.4 Å². The number of amides is 3. The number of likely N-dealkylation sites (tertiary alicyclic amines) is 1. The smallest absolute Gasteiger partial charge is 0.243 e. The zero-order valence-corrected chi connectivity index (χ0v) is 18.1. The molecule has 1 aromatic carbocycles. The second kappa shape index (κ2) is 7.27. The molecule has 4 atom stereocenters. The number of hydrogen-bond acceptors (Lipinski definition) is 5. The van der Waals surface area contributed by atoms with Crippen molar-refractivity contribution in [2.75, 3.05) is 32.7 Å². The molecular weight excluding hydrogens is 418 g/mol. The Kier molecular flexibility index (Phi) is 4.78. The molecule has 0 spiro atoms. The SMILES string of the molecule is Cc1ccc(S(=O)(=O)N2CCN(C(=O)CN3C(=O)C4C5C=CC(C5)C4C3=O)CC2)cc1. The minimum Gasteiger partial charge on any atom is -0.338 e. The molecule has 2 aliphatic carbocycles. The summed E-state index contributed by atoms with van der Waals surface area (Å²) in [6, 6.07) is 6.69. The maximum atomic E-state index is 12.8. The summed E-state index contributed by atoms with van der Waals surface area (Å²) in [5.74, 6) is -1.18. The number of sulfonamides is 1. The Hall–Kier alpha value is -2.52. The van der Waals surface area contributed by atoms with Gasteiger partial charge < -0.3 is 4.90 Å². The van der Waals surface area contributed by atoms with Gasteiger partial charge in [-0.2, -0.15) is 4.31 Å². The molecule has 0 aromatic heterocycles. The Labute approximate surface area is 181 Å². The lowest BCUT2D eigenvalue weighted by Gasteiger charge is -2.34. The van der Waals surface area contributed by atoms with Crippen molar-refractivity contribution in [2.45, 2.75) is 18.2 Å². The number of rotatable bonds is 4. The van der Waals surface area contributed by atoms with Crippen molar-refractivity contribution >= 4 is 27.7 Å². The highest BCUT2D eigenvalue weighted by Crippen LogP contribution is 2.52. The monoisotopic (exact) mass is 443 g/mol. The number of benzene rings is 1. The predicted molar refractivity (Wildman–Crippen MR) is 111 cm³/mol. The topological polar surface area (TPSA) is 95.1 Å². The number of hydrogen-bond donors (Lipinski definition) is 0. The van der Waals surface area contributed by atoms with Crippen LogP contribution in [0.2, 0.25) is 0 Å². The largest absolute Gasteiger partial charge is 0.338 e. The molecule has 2 saturated heterocycles. The van der Waals surface area contributed by atoms with E-state index in [4.69, 9.17) is 0 Å². The van der Waals surface area contributed by atoms with Gasteiger partial charge in [0.25, 0.3) is 0 Å². The van der Waals surface area contributed by atoms with Crippen LogP contribution in [0.25, 0.3) is 0 Å². The first-order valence-corrected chi connectivity index (χ1v) is 12.1. The zero-order valence-electron chi connectivity index (χ0n) is 17.3. The van der Waals surface area contributed by atoms with Crippen molar-refractivity contribution in [1.82, 2.24) is 14.1 Å². The molecule has 164 valence electrons. The van der Waals surface area contributed by atoms with Crippen LogP contribution in [0.15, 0.2) is 41.3 Å². The summed E-state index contributed by atoms with van der Waals surface area (Å²) >= 11 is 0. The lowest BCUT2D eigenvalue weighted by molar-refractivity contribution is -0.147. The number of carbonyl (C=O) groups is 3. The van der Waals surface area contributed by atoms with Gasteiger partial charge in [0.2, 0.25) is 27.7 Å². The van der Waals surface area contributed by atoms with Crippen LogP contribution in [0.4, 0.5) is 0 Å². The van der Waals surface area contributed by atoms with Gasteiger partial charge in [0, 0.05) is 26.2 Å². The summed E-state index contributed by atoms with van der Waals surface area (Å²) in [6.45, 7) is 2.48. The standard InChI is InChI=1S/C22H25N3O5S/c1-14-2-6-17(7-3-14)31(29,30)24-10-8-23(9-11-24)18(26)13-25-21(27)19-15-4-5-16(12-15)20(19)22(25)28/h2-7,15-16,19-20H,8-13H2,1H3. The van der Waals surface area contributed by atoms with Crippen molar-refractivity contribution in [3.8, 4) is 0 Å². The highest BCUT2D eigenvalue weighted by molar-refractivity contribution is 7.89. The van der Waals surface area contributed by atoms with Gasteiger partial charge in [0.15, 0.2) is 0 Å². The zero-order chi connectivity index (χ0) is 21.9. The van der Waals surface area contributed by atoms with Gasteiger partial charge in [-0.05, 0) is 37.3 Å². The quantitative estimate of drug-likeness (QED) is 0.503. The first-order valence-electron chi connectivity index (χ1n) is 10.7. The van der Waals surface area contributed by atoms with Crippen LogP contribution in [0.1, 0.15) is 12.0 Å². The Bertz CT molecular complexity index is 1040. The number of carbonyl (C=O) groups excluding carboxylic acids is 3. The molecular formula is C22H25N3O5S. The van der Waals surface area contributed by atoms with Gasteiger partial charge in [-0.15, -0.1) is 0 Å². The molecule has 8 nitrogen and oxygen atoms in total. The Balaban J connectivity index is 1.21. The fraction of sp³-hybridized carbons (Fsp3) is 0.500. The highest BCUT2D eigenvalue weighted by atomic mass is 32.2. The summed E-state index contributed by atoms with van der Waals surface area (Å²) in [5, 5.41) is 0. The van der Waals surface area contributed by atoms with E-state index in [1.165, 1.54) is 4.31 Å². The molecule has 1 saturated carbocycles.